The molecule has 1 atom stereocenters. The first-order valence-electron chi connectivity index (χ1n) is 8.94. The van der Waals surface area contributed by atoms with Crippen molar-refractivity contribution in [2.75, 3.05) is 0 Å². The van der Waals surface area contributed by atoms with Crippen molar-refractivity contribution in [1.82, 2.24) is 0 Å². The molecule has 2 aliphatic rings. The van der Waals surface area contributed by atoms with Crippen LogP contribution in [-0.4, -0.2) is 5.78 Å². The van der Waals surface area contributed by atoms with Crippen molar-refractivity contribution < 1.29 is 14.3 Å². The number of hydrogen-bond acceptors (Lipinski definition) is 5. The van der Waals surface area contributed by atoms with Gasteiger partial charge in [-0.25, -0.2) is 0 Å². The summed E-state index contributed by atoms with van der Waals surface area (Å²) in [6.45, 7) is 0. The number of rotatable bonds is 3. The van der Waals surface area contributed by atoms with Gasteiger partial charge in [-0.3, -0.25) is 4.79 Å². The predicted octanol–water partition coefficient (Wildman–Crippen LogP) is 4.95. The van der Waals surface area contributed by atoms with E-state index in [1.54, 1.807) is 24.3 Å². The highest BCUT2D eigenvalue weighted by molar-refractivity contribution is 6.30. The summed E-state index contributed by atoms with van der Waals surface area (Å²) >= 11 is 5.91. The van der Waals surface area contributed by atoms with Crippen LogP contribution in [0.3, 0.4) is 0 Å². The van der Waals surface area contributed by atoms with E-state index in [9.17, 15) is 10.1 Å². The lowest BCUT2D eigenvalue weighted by molar-refractivity contribution is -0.116. The molecule has 140 valence electrons. The first-order valence-corrected chi connectivity index (χ1v) is 9.32. The molecule has 0 amide bonds. The SMILES string of the molecule is N#CC1=C(N)OC2=C(C(=O)CCC2)[C@H]1c1cccc(Oc2ccc(Cl)cc2)c1. The standard InChI is InChI=1S/C22H17ClN2O3/c23-14-7-9-15(10-8-14)27-16-4-1-3-13(11-16)20-17(12-24)22(25)28-19-6-2-5-18(26)21(19)20/h1,3-4,7-11,20H,2,5-6,25H2/t20-/m0/s1. The number of ketones is 1. The second-order valence-electron chi connectivity index (χ2n) is 6.67. The molecule has 28 heavy (non-hydrogen) atoms. The van der Waals surface area contributed by atoms with Gasteiger partial charge in [0.2, 0.25) is 5.88 Å². The molecule has 2 aromatic rings. The summed E-state index contributed by atoms with van der Waals surface area (Å²) in [6.07, 6.45) is 1.80. The van der Waals surface area contributed by atoms with Crippen LogP contribution < -0.4 is 10.5 Å². The molecule has 0 unspecified atom stereocenters. The van der Waals surface area contributed by atoms with Crippen LogP contribution in [0.15, 0.2) is 71.3 Å². The molecule has 1 heterocycles. The average Bonchev–Trinajstić information content (AvgIpc) is 2.69. The maximum Gasteiger partial charge on any atom is 0.205 e. The second kappa shape index (κ2) is 7.41. The molecular formula is C22H17ClN2O3. The van der Waals surface area contributed by atoms with E-state index in [1.807, 2.05) is 24.3 Å². The van der Waals surface area contributed by atoms with Crippen molar-refractivity contribution in [3.8, 4) is 17.6 Å². The molecule has 0 aromatic heterocycles. The number of hydrogen-bond donors (Lipinski definition) is 1. The Morgan fingerprint density at radius 1 is 1.14 bits per heavy atom. The second-order valence-corrected chi connectivity index (χ2v) is 7.10. The van der Waals surface area contributed by atoms with Crippen LogP contribution in [0.25, 0.3) is 0 Å². The highest BCUT2D eigenvalue weighted by atomic mass is 35.5. The van der Waals surface area contributed by atoms with E-state index in [0.29, 0.717) is 40.7 Å². The van der Waals surface area contributed by atoms with Gasteiger partial charge in [-0.15, -0.1) is 0 Å². The Hall–Kier alpha value is -3.23. The van der Waals surface area contributed by atoms with Gasteiger partial charge in [-0.05, 0) is 48.4 Å². The quantitative estimate of drug-likeness (QED) is 0.798. The fraction of sp³-hybridized carbons (Fsp3) is 0.182. The summed E-state index contributed by atoms with van der Waals surface area (Å²) in [5.74, 6) is 1.31. The summed E-state index contributed by atoms with van der Waals surface area (Å²) in [5.41, 5.74) is 7.53. The first kappa shape index (κ1) is 18.1. The molecule has 6 heteroatoms. The number of nitrogens with zero attached hydrogens (tertiary/aromatic N) is 1. The van der Waals surface area contributed by atoms with E-state index in [1.165, 1.54) is 0 Å². The van der Waals surface area contributed by atoms with Gasteiger partial charge in [-0.2, -0.15) is 5.26 Å². The number of carbonyl (C=O) groups excluding carboxylic acids is 1. The van der Waals surface area contributed by atoms with E-state index in [0.717, 1.165) is 12.0 Å². The Labute approximate surface area is 167 Å². The number of nitriles is 1. The van der Waals surface area contributed by atoms with Crippen LogP contribution in [0.1, 0.15) is 30.7 Å². The molecule has 0 bridgehead atoms. The molecule has 0 saturated heterocycles. The fourth-order valence-electron chi connectivity index (χ4n) is 3.59. The smallest absolute Gasteiger partial charge is 0.205 e. The van der Waals surface area contributed by atoms with Gasteiger partial charge in [0.1, 0.15) is 28.9 Å². The lowest BCUT2D eigenvalue weighted by atomic mass is 9.77. The van der Waals surface area contributed by atoms with E-state index >= 15 is 0 Å². The minimum atomic E-state index is -0.546. The minimum absolute atomic E-state index is 0.00415. The summed E-state index contributed by atoms with van der Waals surface area (Å²) in [4.78, 5) is 12.6. The number of nitrogens with two attached hydrogens (primary N) is 1. The Balaban J connectivity index is 1.74. The number of Topliss-reactive ketones (excluding diaryl/α,β-unsaturated/α-hetero) is 1. The molecule has 0 radical (unpaired) electrons. The topological polar surface area (TPSA) is 85.3 Å². The van der Waals surface area contributed by atoms with Crippen molar-refractivity contribution in [2.45, 2.75) is 25.2 Å². The van der Waals surface area contributed by atoms with Crippen LogP contribution in [-0.2, 0) is 9.53 Å². The van der Waals surface area contributed by atoms with Crippen molar-refractivity contribution in [3.63, 3.8) is 0 Å². The van der Waals surface area contributed by atoms with Crippen LogP contribution >= 0.6 is 11.6 Å². The third-order valence-corrected chi connectivity index (χ3v) is 5.10. The number of carbonyl (C=O) groups is 1. The zero-order valence-corrected chi connectivity index (χ0v) is 15.7. The molecule has 0 saturated carbocycles. The maximum absolute atomic E-state index is 12.6. The predicted molar refractivity (Wildman–Crippen MR) is 105 cm³/mol. The minimum Gasteiger partial charge on any atom is -0.457 e. The van der Waals surface area contributed by atoms with Gasteiger partial charge in [-0.1, -0.05) is 23.7 Å². The van der Waals surface area contributed by atoms with E-state index in [2.05, 4.69) is 6.07 Å². The van der Waals surface area contributed by atoms with Gasteiger partial charge >= 0.3 is 0 Å². The largest absolute Gasteiger partial charge is 0.457 e. The van der Waals surface area contributed by atoms with Crippen molar-refractivity contribution in [3.05, 3.63) is 81.9 Å². The highest BCUT2D eigenvalue weighted by Gasteiger charge is 2.38. The zero-order chi connectivity index (χ0) is 19.7. The van der Waals surface area contributed by atoms with E-state index < -0.39 is 5.92 Å². The molecule has 1 aliphatic carbocycles. The lowest BCUT2D eigenvalue weighted by Crippen LogP contribution is -2.27. The van der Waals surface area contributed by atoms with Crippen molar-refractivity contribution >= 4 is 17.4 Å². The maximum atomic E-state index is 12.6. The Morgan fingerprint density at radius 3 is 2.68 bits per heavy atom. The number of ether oxygens (including phenoxy) is 2. The van der Waals surface area contributed by atoms with E-state index in [-0.39, 0.29) is 17.2 Å². The molecule has 5 nitrogen and oxygen atoms in total. The van der Waals surface area contributed by atoms with Gasteiger partial charge in [0, 0.05) is 23.4 Å². The van der Waals surface area contributed by atoms with Crippen LogP contribution in [0.2, 0.25) is 5.02 Å². The Bertz CT molecular complexity index is 1050. The van der Waals surface area contributed by atoms with Crippen molar-refractivity contribution in [1.29, 1.82) is 5.26 Å². The van der Waals surface area contributed by atoms with Gasteiger partial charge in [0.25, 0.3) is 0 Å². The summed E-state index contributed by atoms with van der Waals surface area (Å²) in [6, 6.07) is 16.5. The molecule has 0 fully saturated rings. The van der Waals surface area contributed by atoms with Gasteiger partial charge in [0.15, 0.2) is 5.78 Å². The van der Waals surface area contributed by atoms with Gasteiger partial charge in [0.05, 0.1) is 5.92 Å². The molecule has 2 aromatic carbocycles. The summed E-state index contributed by atoms with van der Waals surface area (Å²) < 4.78 is 11.5. The molecule has 0 spiro atoms. The van der Waals surface area contributed by atoms with Crippen LogP contribution in [0.5, 0.6) is 11.5 Å². The zero-order valence-electron chi connectivity index (χ0n) is 14.9. The number of halogens is 1. The first-order chi connectivity index (χ1) is 13.6. The molecule has 1 aliphatic heterocycles. The summed E-state index contributed by atoms with van der Waals surface area (Å²) in [5, 5.41) is 10.3. The molecule has 4 rings (SSSR count). The molecule has 2 N–H and O–H groups in total. The Kier molecular flexibility index (Phi) is 4.81. The van der Waals surface area contributed by atoms with Crippen LogP contribution in [0.4, 0.5) is 0 Å². The number of allylic oxidation sites excluding steroid dienone is 3. The average molecular weight is 393 g/mol. The molecular weight excluding hydrogens is 376 g/mol. The summed E-state index contributed by atoms with van der Waals surface area (Å²) in [7, 11) is 0. The monoisotopic (exact) mass is 392 g/mol. The highest BCUT2D eigenvalue weighted by Crippen LogP contribution is 2.44. The number of benzene rings is 2. The normalized spacial score (nSPS) is 19.0. The third kappa shape index (κ3) is 3.35. The van der Waals surface area contributed by atoms with E-state index in [4.69, 9.17) is 26.8 Å². The third-order valence-electron chi connectivity index (χ3n) is 4.85. The van der Waals surface area contributed by atoms with Crippen LogP contribution in [0, 0.1) is 11.3 Å². The Morgan fingerprint density at radius 2 is 1.93 bits per heavy atom. The lowest BCUT2D eigenvalue weighted by Gasteiger charge is -2.31. The van der Waals surface area contributed by atoms with Crippen molar-refractivity contribution in [2.24, 2.45) is 5.73 Å². The fourth-order valence-corrected chi connectivity index (χ4v) is 3.71. The van der Waals surface area contributed by atoms with Gasteiger partial charge < -0.3 is 15.2 Å².